The van der Waals surface area contributed by atoms with Gasteiger partial charge in [-0.25, -0.2) is 9.78 Å². The number of H-pyrrole nitrogens is 1. The highest BCUT2D eigenvalue weighted by Gasteiger charge is 2.13. The van der Waals surface area contributed by atoms with Crippen LogP contribution in [-0.2, 0) is 10.6 Å². The number of nitrogens with one attached hydrogen (secondary N) is 1. The largest absolute Gasteiger partial charge is 0.465 e. The fourth-order valence-electron chi connectivity index (χ4n) is 1.45. The van der Waals surface area contributed by atoms with Gasteiger partial charge in [-0.2, -0.15) is 0 Å². The molecule has 2 rings (SSSR count). The van der Waals surface area contributed by atoms with Crippen molar-refractivity contribution in [2.45, 2.75) is 5.88 Å². The minimum Gasteiger partial charge on any atom is -0.465 e. The van der Waals surface area contributed by atoms with E-state index in [0.29, 0.717) is 17.0 Å². The third kappa shape index (κ3) is 1.68. The van der Waals surface area contributed by atoms with E-state index in [2.05, 4.69) is 14.7 Å². The molecule has 4 nitrogen and oxygen atoms in total. The van der Waals surface area contributed by atoms with Crippen LogP contribution in [0.3, 0.4) is 0 Å². The van der Waals surface area contributed by atoms with Gasteiger partial charge in [0.25, 0.3) is 0 Å². The highest BCUT2D eigenvalue weighted by atomic mass is 35.5. The number of aromatic nitrogens is 2. The number of halogens is 1. The van der Waals surface area contributed by atoms with Crippen LogP contribution >= 0.6 is 11.6 Å². The van der Waals surface area contributed by atoms with Crippen molar-refractivity contribution < 1.29 is 9.53 Å². The molecule has 0 aliphatic heterocycles. The van der Waals surface area contributed by atoms with Gasteiger partial charge in [-0.3, -0.25) is 0 Å². The Morgan fingerprint density at radius 2 is 2.40 bits per heavy atom. The van der Waals surface area contributed by atoms with E-state index in [1.54, 1.807) is 6.07 Å². The molecule has 0 radical (unpaired) electrons. The molecule has 2 aromatic rings. The second kappa shape index (κ2) is 3.90. The van der Waals surface area contributed by atoms with E-state index in [9.17, 15) is 4.79 Å². The lowest BCUT2D eigenvalue weighted by atomic mass is 10.1. The van der Waals surface area contributed by atoms with Crippen molar-refractivity contribution in [3.8, 4) is 0 Å². The Morgan fingerprint density at radius 3 is 3.07 bits per heavy atom. The van der Waals surface area contributed by atoms with Gasteiger partial charge in [0, 0.05) is 5.88 Å². The van der Waals surface area contributed by atoms with E-state index in [1.165, 1.54) is 13.4 Å². The van der Waals surface area contributed by atoms with E-state index >= 15 is 0 Å². The summed E-state index contributed by atoms with van der Waals surface area (Å²) in [5.41, 5.74) is 2.69. The minimum absolute atomic E-state index is 0.346. The summed E-state index contributed by atoms with van der Waals surface area (Å²) in [6.45, 7) is 0. The van der Waals surface area contributed by atoms with Crippen molar-refractivity contribution >= 4 is 28.6 Å². The third-order valence-corrected chi connectivity index (χ3v) is 2.45. The molecule has 1 aromatic heterocycles. The second-order valence-electron chi connectivity index (χ2n) is 3.07. The lowest BCUT2D eigenvalue weighted by Gasteiger charge is -2.02. The maximum atomic E-state index is 11.5. The summed E-state index contributed by atoms with van der Waals surface area (Å²) in [7, 11) is 1.34. The summed E-state index contributed by atoms with van der Waals surface area (Å²) < 4.78 is 4.68. The molecule has 0 fully saturated rings. The summed E-state index contributed by atoms with van der Waals surface area (Å²) in [5.74, 6) is -0.0575. The number of fused-ring (bicyclic) bond motifs is 1. The van der Waals surface area contributed by atoms with E-state index in [4.69, 9.17) is 11.6 Å². The molecular formula is C10H9ClN2O2. The third-order valence-electron chi connectivity index (χ3n) is 2.14. The zero-order valence-corrected chi connectivity index (χ0v) is 8.84. The maximum absolute atomic E-state index is 11.5. The van der Waals surface area contributed by atoms with Crippen LogP contribution < -0.4 is 0 Å². The number of hydrogen-bond donors (Lipinski definition) is 1. The molecular weight excluding hydrogens is 216 g/mol. The average Bonchev–Trinajstić information content (AvgIpc) is 2.74. The molecule has 5 heteroatoms. The number of hydrogen-bond acceptors (Lipinski definition) is 3. The van der Waals surface area contributed by atoms with Gasteiger partial charge < -0.3 is 9.72 Å². The van der Waals surface area contributed by atoms with E-state index in [0.717, 1.165) is 11.1 Å². The summed E-state index contributed by atoms with van der Waals surface area (Å²) >= 11 is 5.73. The van der Waals surface area contributed by atoms with Gasteiger partial charge >= 0.3 is 5.97 Å². The maximum Gasteiger partial charge on any atom is 0.340 e. The molecule has 1 N–H and O–H groups in total. The summed E-state index contributed by atoms with van der Waals surface area (Å²) in [4.78, 5) is 18.5. The number of esters is 1. The van der Waals surface area contributed by atoms with E-state index < -0.39 is 5.97 Å². The molecule has 0 bridgehead atoms. The number of aromatic amines is 1. The molecule has 0 aliphatic carbocycles. The number of benzene rings is 1. The van der Waals surface area contributed by atoms with Crippen LogP contribution in [0.25, 0.3) is 11.0 Å². The molecule has 1 heterocycles. The Balaban J connectivity index is 2.68. The van der Waals surface area contributed by atoms with Crippen molar-refractivity contribution in [2.75, 3.05) is 7.11 Å². The van der Waals surface area contributed by atoms with E-state index in [-0.39, 0.29) is 0 Å². The highest BCUT2D eigenvalue weighted by Crippen LogP contribution is 2.19. The summed E-state index contributed by atoms with van der Waals surface area (Å²) in [5, 5.41) is 0. The summed E-state index contributed by atoms with van der Waals surface area (Å²) in [6, 6.07) is 3.56. The molecule has 0 amide bonds. The smallest absolute Gasteiger partial charge is 0.340 e. The van der Waals surface area contributed by atoms with E-state index in [1.807, 2.05) is 6.07 Å². The normalized spacial score (nSPS) is 10.5. The Labute approximate surface area is 91.2 Å². The predicted octanol–water partition coefficient (Wildman–Crippen LogP) is 2.09. The molecule has 15 heavy (non-hydrogen) atoms. The quantitative estimate of drug-likeness (QED) is 0.628. The molecule has 0 saturated heterocycles. The minimum atomic E-state index is -0.404. The zero-order valence-electron chi connectivity index (χ0n) is 8.08. The van der Waals surface area contributed by atoms with Crippen LogP contribution in [0.1, 0.15) is 15.9 Å². The van der Waals surface area contributed by atoms with Crippen molar-refractivity contribution in [1.29, 1.82) is 0 Å². The number of imidazole rings is 1. The van der Waals surface area contributed by atoms with Crippen LogP contribution in [0.5, 0.6) is 0 Å². The van der Waals surface area contributed by atoms with Crippen molar-refractivity contribution in [1.82, 2.24) is 9.97 Å². The van der Waals surface area contributed by atoms with Gasteiger partial charge in [0.15, 0.2) is 0 Å². The number of methoxy groups -OCH3 is 1. The molecule has 1 aromatic carbocycles. The monoisotopic (exact) mass is 224 g/mol. The van der Waals surface area contributed by atoms with Crippen LogP contribution in [0.2, 0.25) is 0 Å². The Bertz CT molecular complexity index is 507. The first kappa shape index (κ1) is 9.98. The van der Waals surface area contributed by atoms with Crippen LogP contribution in [0.4, 0.5) is 0 Å². The number of alkyl halides is 1. The number of rotatable bonds is 2. The number of carbonyl (C=O) groups is 1. The Kier molecular flexibility index (Phi) is 2.60. The fraction of sp³-hybridized carbons (Fsp3) is 0.200. The lowest BCUT2D eigenvalue weighted by Crippen LogP contribution is -2.03. The van der Waals surface area contributed by atoms with Crippen molar-refractivity contribution in [2.24, 2.45) is 0 Å². The van der Waals surface area contributed by atoms with Gasteiger partial charge in [-0.05, 0) is 17.7 Å². The first-order valence-electron chi connectivity index (χ1n) is 4.36. The number of ether oxygens (including phenoxy) is 1. The molecule has 0 aliphatic rings. The first-order valence-corrected chi connectivity index (χ1v) is 4.90. The average molecular weight is 225 g/mol. The standard InChI is InChI=1S/C10H9ClN2O2/c1-15-10(14)7-2-6(4-11)3-8-9(7)13-5-12-8/h2-3,5H,4H2,1H3,(H,12,13). The topological polar surface area (TPSA) is 55.0 Å². The predicted molar refractivity (Wildman–Crippen MR) is 57.0 cm³/mol. The van der Waals surface area contributed by atoms with Crippen LogP contribution in [0.15, 0.2) is 18.5 Å². The summed E-state index contributed by atoms with van der Waals surface area (Å²) in [6.07, 6.45) is 1.54. The molecule has 0 atom stereocenters. The molecule has 0 saturated carbocycles. The second-order valence-corrected chi connectivity index (χ2v) is 3.33. The molecule has 78 valence electrons. The van der Waals surface area contributed by atoms with Gasteiger partial charge in [0.2, 0.25) is 0 Å². The van der Waals surface area contributed by atoms with Crippen molar-refractivity contribution in [3.63, 3.8) is 0 Å². The Hall–Kier alpha value is -1.55. The highest BCUT2D eigenvalue weighted by molar-refractivity contribution is 6.17. The number of nitrogens with zero attached hydrogens (tertiary/aromatic N) is 1. The fourth-order valence-corrected chi connectivity index (χ4v) is 1.61. The Morgan fingerprint density at radius 1 is 1.60 bits per heavy atom. The molecule has 0 spiro atoms. The van der Waals surface area contributed by atoms with Gasteiger partial charge in [-0.15, -0.1) is 11.6 Å². The van der Waals surface area contributed by atoms with Gasteiger partial charge in [-0.1, -0.05) is 0 Å². The zero-order chi connectivity index (χ0) is 10.8. The number of carbonyl (C=O) groups excluding carboxylic acids is 1. The van der Waals surface area contributed by atoms with Crippen molar-refractivity contribution in [3.05, 3.63) is 29.6 Å². The lowest BCUT2D eigenvalue weighted by molar-refractivity contribution is 0.0602. The van der Waals surface area contributed by atoms with Crippen LogP contribution in [0, 0.1) is 0 Å². The SMILES string of the molecule is COC(=O)c1cc(CCl)cc2[nH]cnc12. The van der Waals surface area contributed by atoms with Crippen LogP contribution in [-0.4, -0.2) is 23.0 Å². The molecule has 0 unspecified atom stereocenters. The van der Waals surface area contributed by atoms with Gasteiger partial charge in [0.1, 0.15) is 5.52 Å². The first-order chi connectivity index (χ1) is 7.26. The van der Waals surface area contributed by atoms with Gasteiger partial charge in [0.05, 0.1) is 24.5 Å².